The van der Waals surface area contributed by atoms with E-state index in [0.29, 0.717) is 0 Å². The van der Waals surface area contributed by atoms with E-state index in [1.807, 2.05) is 0 Å². The van der Waals surface area contributed by atoms with Gasteiger partial charge in [0, 0.05) is 5.70 Å². The van der Waals surface area contributed by atoms with Crippen LogP contribution in [0.3, 0.4) is 0 Å². The zero-order valence-electron chi connectivity index (χ0n) is 5.69. The van der Waals surface area contributed by atoms with Crippen LogP contribution in [0, 0.1) is 5.92 Å². The molecule has 0 aromatic rings. The number of allylic oxidation sites excluding steroid dienone is 2. The van der Waals surface area contributed by atoms with Crippen molar-refractivity contribution in [3.63, 3.8) is 0 Å². The van der Waals surface area contributed by atoms with Gasteiger partial charge >= 0.3 is 0 Å². The van der Waals surface area contributed by atoms with Gasteiger partial charge in [-0.3, -0.25) is 0 Å². The molecular weight excluding hydrogens is 110 g/mol. The second-order valence-electron chi connectivity index (χ2n) is 3.18. The molecule has 2 aliphatic carbocycles. The predicted octanol–water partition coefficient (Wildman–Crippen LogP) is 1.79. The van der Waals surface area contributed by atoms with Crippen molar-refractivity contribution >= 4 is 0 Å². The van der Waals surface area contributed by atoms with Crippen molar-refractivity contribution < 1.29 is 0 Å². The Labute approximate surface area is 55.9 Å². The van der Waals surface area contributed by atoms with Crippen molar-refractivity contribution in [2.24, 2.45) is 11.7 Å². The maximum atomic E-state index is 5.71. The fraction of sp³-hybridized carbons (Fsp3) is 0.750. The lowest BCUT2D eigenvalue weighted by Crippen LogP contribution is -2.23. The fourth-order valence-corrected chi connectivity index (χ4v) is 1.64. The number of rotatable bonds is 1. The molecule has 0 aromatic heterocycles. The lowest BCUT2D eigenvalue weighted by molar-refractivity contribution is 0.343. The lowest BCUT2D eigenvalue weighted by atomic mass is 9.73. The van der Waals surface area contributed by atoms with E-state index < -0.39 is 0 Å². The zero-order chi connectivity index (χ0) is 6.27. The van der Waals surface area contributed by atoms with Crippen molar-refractivity contribution in [2.75, 3.05) is 0 Å². The maximum Gasteiger partial charge on any atom is 0.00785 e. The van der Waals surface area contributed by atoms with Crippen LogP contribution >= 0.6 is 0 Å². The Kier molecular flexibility index (Phi) is 1.04. The van der Waals surface area contributed by atoms with Gasteiger partial charge in [0.25, 0.3) is 0 Å². The molecule has 0 bridgehead atoms. The third-order valence-electron chi connectivity index (χ3n) is 2.67. The molecule has 0 aliphatic heterocycles. The van der Waals surface area contributed by atoms with Gasteiger partial charge in [0.05, 0.1) is 0 Å². The third-order valence-corrected chi connectivity index (χ3v) is 2.67. The molecule has 0 atom stereocenters. The monoisotopic (exact) mass is 123 g/mol. The highest BCUT2D eigenvalue weighted by Crippen LogP contribution is 2.41. The van der Waals surface area contributed by atoms with Gasteiger partial charge in [-0.15, -0.1) is 0 Å². The van der Waals surface area contributed by atoms with E-state index in [1.165, 1.54) is 37.8 Å². The van der Waals surface area contributed by atoms with Gasteiger partial charge in [-0.1, -0.05) is 6.42 Å². The molecule has 0 unspecified atom stereocenters. The molecule has 1 nitrogen and oxygen atoms in total. The average Bonchev–Trinajstić information content (AvgIpc) is 1.74. The van der Waals surface area contributed by atoms with E-state index in [4.69, 9.17) is 5.73 Å². The molecule has 1 fully saturated rings. The molecule has 9 heavy (non-hydrogen) atoms. The maximum absolute atomic E-state index is 5.71. The molecule has 0 aromatic carbocycles. The highest BCUT2D eigenvalue weighted by Gasteiger charge is 2.27. The van der Waals surface area contributed by atoms with Crippen LogP contribution in [0.5, 0.6) is 0 Å². The fourth-order valence-electron chi connectivity index (χ4n) is 1.64. The summed E-state index contributed by atoms with van der Waals surface area (Å²) in [6.07, 6.45) is 6.73. The first-order chi connectivity index (χ1) is 4.38. The molecule has 1 saturated carbocycles. The Morgan fingerprint density at radius 1 is 1.22 bits per heavy atom. The van der Waals surface area contributed by atoms with Crippen molar-refractivity contribution in [3.05, 3.63) is 11.3 Å². The summed E-state index contributed by atoms with van der Waals surface area (Å²) in [5.41, 5.74) is 8.52. The van der Waals surface area contributed by atoms with Crippen molar-refractivity contribution in [1.29, 1.82) is 0 Å². The Hall–Kier alpha value is -0.460. The van der Waals surface area contributed by atoms with E-state index in [2.05, 4.69) is 0 Å². The molecule has 0 spiro atoms. The van der Waals surface area contributed by atoms with Crippen LogP contribution in [0.2, 0.25) is 0 Å². The smallest absolute Gasteiger partial charge is 0.00785 e. The van der Waals surface area contributed by atoms with E-state index >= 15 is 0 Å². The van der Waals surface area contributed by atoms with Crippen molar-refractivity contribution in [3.8, 4) is 0 Å². The first-order valence-corrected chi connectivity index (χ1v) is 3.85. The quantitative estimate of drug-likeness (QED) is 0.565. The Morgan fingerprint density at radius 2 is 2.00 bits per heavy atom. The van der Waals surface area contributed by atoms with E-state index in [-0.39, 0.29) is 0 Å². The van der Waals surface area contributed by atoms with Gasteiger partial charge in [0.1, 0.15) is 0 Å². The van der Waals surface area contributed by atoms with Gasteiger partial charge in [0.2, 0.25) is 0 Å². The first-order valence-electron chi connectivity index (χ1n) is 3.85. The summed E-state index contributed by atoms with van der Waals surface area (Å²) in [5.74, 6) is 0.916. The topological polar surface area (TPSA) is 26.0 Å². The standard InChI is InChI=1S/C8H13N/c9-8-5-4-7(8)6-2-1-3-6/h6H,1-5,9H2. The van der Waals surface area contributed by atoms with Crippen LogP contribution in [0.4, 0.5) is 0 Å². The Balaban J connectivity index is 2.05. The molecule has 2 aliphatic rings. The lowest BCUT2D eigenvalue weighted by Gasteiger charge is -2.34. The zero-order valence-corrected chi connectivity index (χ0v) is 5.69. The first kappa shape index (κ1) is 5.33. The van der Waals surface area contributed by atoms with Gasteiger partial charge < -0.3 is 5.73 Å². The number of hydrogen-bond acceptors (Lipinski definition) is 1. The average molecular weight is 123 g/mol. The van der Waals surface area contributed by atoms with E-state index in [9.17, 15) is 0 Å². The summed E-state index contributed by atoms with van der Waals surface area (Å²) in [5, 5.41) is 0. The number of nitrogens with two attached hydrogens (primary N) is 1. The third kappa shape index (κ3) is 0.673. The van der Waals surface area contributed by atoms with Gasteiger partial charge in [-0.2, -0.15) is 0 Å². The van der Waals surface area contributed by atoms with Crippen LogP contribution in [0.25, 0.3) is 0 Å². The van der Waals surface area contributed by atoms with Crippen molar-refractivity contribution in [2.45, 2.75) is 32.1 Å². The van der Waals surface area contributed by atoms with Gasteiger partial charge in [0.15, 0.2) is 0 Å². The van der Waals surface area contributed by atoms with E-state index in [1.54, 1.807) is 5.57 Å². The molecule has 0 amide bonds. The van der Waals surface area contributed by atoms with Gasteiger partial charge in [-0.25, -0.2) is 0 Å². The second-order valence-corrected chi connectivity index (χ2v) is 3.18. The molecule has 2 rings (SSSR count). The summed E-state index contributed by atoms with van der Waals surface area (Å²) in [4.78, 5) is 0. The normalized spacial score (nSPS) is 27.6. The molecule has 0 heterocycles. The van der Waals surface area contributed by atoms with Crippen LogP contribution in [-0.2, 0) is 0 Å². The molecule has 0 radical (unpaired) electrons. The van der Waals surface area contributed by atoms with Gasteiger partial charge in [-0.05, 0) is 37.2 Å². The minimum atomic E-state index is 0.916. The Bertz CT molecular complexity index is 154. The minimum absolute atomic E-state index is 0.916. The predicted molar refractivity (Wildman–Crippen MR) is 37.8 cm³/mol. The van der Waals surface area contributed by atoms with Crippen LogP contribution in [0.15, 0.2) is 11.3 Å². The molecule has 2 N–H and O–H groups in total. The minimum Gasteiger partial charge on any atom is -0.402 e. The van der Waals surface area contributed by atoms with Crippen LogP contribution in [-0.4, -0.2) is 0 Å². The summed E-state index contributed by atoms with van der Waals surface area (Å²) in [6.45, 7) is 0. The SMILES string of the molecule is NC1=C(C2CCC2)CC1. The van der Waals surface area contributed by atoms with E-state index in [0.717, 1.165) is 5.92 Å². The van der Waals surface area contributed by atoms with Crippen LogP contribution in [0.1, 0.15) is 32.1 Å². The highest BCUT2D eigenvalue weighted by atomic mass is 14.6. The molecule has 1 heteroatoms. The largest absolute Gasteiger partial charge is 0.402 e. The molecule has 50 valence electrons. The highest BCUT2D eigenvalue weighted by molar-refractivity contribution is 5.25. The summed E-state index contributed by atoms with van der Waals surface area (Å²) in [7, 11) is 0. The molecular formula is C8H13N. The summed E-state index contributed by atoms with van der Waals surface area (Å²) in [6, 6.07) is 0. The Morgan fingerprint density at radius 3 is 2.11 bits per heavy atom. The summed E-state index contributed by atoms with van der Waals surface area (Å²) < 4.78 is 0. The second kappa shape index (κ2) is 1.76. The summed E-state index contributed by atoms with van der Waals surface area (Å²) >= 11 is 0. The molecule has 0 saturated heterocycles. The van der Waals surface area contributed by atoms with Crippen molar-refractivity contribution in [1.82, 2.24) is 0 Å². The number of hydrogen-bond donors (Lipinski definition) is 1. The van der Waals surface area contributed by atoms with Crippen LogP contribution < -0.4 is 5.73 Å².